The molecule has 106 valence electrons. The number of rotatable bonds is 3. The number of amides is 1. The molecule has 1 aliphatic rings. The molecule has 1 amide bonds. The van der Waals surface area contributed by atoms with Gasteiger partial charge >= 0.3 is 0 Å². The Kier molecular flexibility index (Phi) is 3.25. The van der Waals surface area contributed by atoms with Gasteiger partial charge < -0.3 is 9.42 Å². The second-order valence-electron chi connectivity index (χ2n) is 5.24. The molecule has 8 heteroatoms. The van der Waals surface area contributed by atoms with Gasteiger partial charge in [-0.05, 0) is 18.5 Å². The maximum atomic E-state index is 12.2. The van der Waals surface area contributed by atoms with E-state index in [1.807, 2.05) is 13.8 Å². The van der Waals surface area contributed by atoms with Crippen molar-refractivity contribution in [3.8, 4) is 0 Å². The number of nitrogens with zero attached hydrogens (tertiary/aromatic N) is 5. The molecule has 0 aliphatic carbocycles. The van der Waals surface area contributed by atoms with Crippen LogP contribution in [-0.4, -0.2) is 43.6 Å². The van der Waals surface area contributed by atoms with E-state index in [0.717, 1.165) is 11.5 Å². The molecule has 0 aromatic carbocycles. The number of carbonyl (C=O) groups is 1. The fourth-order valence-electron chi connectivity index (χ4n) is 2.02. The van der Waals surface area contributed by atoms with Crippen molar-refractivity contribution in [3.63, 3.8) is 0 Å². The van der Waals surface area contributed by atoms with Gasteiger partial charge in [-0.15, -0.1) is 5.10 Å². The first-order valence-corrected chi connectivity index (χ1v) is 7.25. The highest BCUT2D eigenvalue weighted by atomic mass is 32.1. The Balaban J connectivity index is 1.63. The SMILES string of the molecule is Cc1nnsc1C(=O)N1CC(c2nc(C(C)C)no2)C1. The molecule has 2 aromatic rings. The Labute approximate surface area is 120 Å². The van der Waals surface area contributed by atoms with Gasteiger partial charge in [-0.3, -0.25) is 4.79 Å². The molecule has 3 rings (SSSR count). The van der Waals surface area contributed by atoms with Gasteiger partial charge in [0.15, 0.2) is 5.82 Å². The standard InChI is InChI=1S/C12H15N5O2S/c1-6(2)10-13-11(19-15-10)8-4-17(5-8)12(18)9-7(3)14-16-20-9/h6,8H,4-5H2,1-3H3. The fraction of sp³-hybridized carbons (Fsp3) is 0.583. The smallest absolute Gasteiger partial charge is 0.267 e. The van der Waals surface area contributed by atoms with Crippen LogP contribution in [0.5, 0.6) is 0 Å². The molecule has 20 heavy (non-hydrogen) atoms. The van der Waals surface area contributed by atoms with Crippen LogP contribution in [0.4, 0.5) is 0 Å². The Hall–Kier alpha value is -1.83. The van der Waals surface area contributed by atoms with Crippen LogP contribution in [0.1, 0.15) is 52.8 Å². The van der Waals surface area contributed by atoms with E-state index in [1.54, 1.807) is 11.8 Å². The van der Waals surface area contributed by atoms with Crippen LogP contribution >= 0.6 is 11.5 Å². The molecule has 2 aromatic heterocycles. The van der Waals surface area contributed by atoms with E-state index in [4.69, 9.17) is 4.52 Å². The molecule has 0 N–H and O–H groups in total. The summed E-state index contributed by atoms with van der Waals surface area (Å²) in [7, 11) is 0. The molecular weight excluding hydrogens is 278 g/mol. The Morgan fingerprint density at radius 1 is 1.45 bits per heavy atom. The second-order valence-corrected chi connectivity index (χ2v) is 5.99. The van der Waals surface area contributed by atoms with Crippen LogP contribution in [0.2, 0.25) is 0 Å². The third-order valence-electron chi connectivity index (χ3n) is 3.34. The largest absolute Gasteiger partial charge is 0.339 e. The van der Waals surface area contributed by atoms with Gasteiger partial charge in [-0.1, -0.05) is 23.5 Å². The van der Waals surface area contributed by atoms with E-state index in [0.29, 0.717) is 35.4 Å². The normalized spacial score (nSPS) is 15.7. The molecule has 0 atom stereocenters. The van der Waals surface area contributed by atoms with E-state index in [2.05, 4.69) is 19.7 Å². The molecule has 0 bridgehead atoms. The van der Waals surface area contributed by atoms with Crippen molar-refractivity contribution in [2.24, 2.45) is 0 Å². The second kappa shape index (κ2) is 4.93. The van der Waals surface area contributed by atoms with Gasteiger partial charge in [0.1, 0.15) is 4.88 Å². The lowest BCUT2D eigenvalue weighted by atomic mass is 9.99. The van der Waals surface area contributed by atoms with Crippen LogP contribution in [0.25, 0.3) is 0 Å². The van der Waals surface area contributed by atoms with E-state index < -0.39 is 0 Å². The van der Waals surface area contributed by atoms with Crippen molar-refractivity contribution >= 4 is 17.4 Å². The van der Waals surface area contributed by atoms with Crippen molar-refractivity contribution in [2.75, 3.05) is 13.1 Å². The summed E-state index contributed by atoms with van der Waals surface area (Å²) in [6, 6.07) is 0. The zero-order chi connectivity index (χ0) is 14.3. The topological polar surface area (TPSA) is 85.0 Å². The predicted molar refractivity (Wildman–Crippen MR) is 71.7 cm³/mol. The van der Waals surface area contributed by atoms with Gasteiger partial charge in [0.2, 0.25) is 5.89 Å². The van der Waals surface area contributed by atoms with Crippen molar-refractivity contribution in [2.45, 2.75) is 32.6 Å². The summed E-state index contributed by atoms with van der Waals surface area (Å²) in [6.07, 6.45) is 0. The number of aromatic nitrogens is 4. The van der Waals surface area contributed by atoms with Gasteiger partial charge in [0.25, 0.3) is 5.91 Å². The molecule has 1 fully saturated rings. The molecule has 0 saturated carbocycles. The molecule has 0 unspecified atom stereocenters. The van der Waals surface area contributed by atoms with Crippen molar-refractivity contribution < 1.29 is 9.32 Å². The minimum absolute atomic E-state index is 0.0163. The average molecular weight is 293 g/mol. The number of hydrogen-bond acceptors (Lipinski definition) is 7. The first-order valence-electron chi connectivity index (χ1n) is 6.48. The lowest BCUT2D eigenvalue weighted by Gasteiger charge is -2.36. The van der Waals surface area contributed by atoms with Crippen LogP contribution in [0.3, 0.4) is 0 Å². The first-order chi connectivity index (χ1) is 9.56. The Bertz CT molecular complexity index is 629. The molecule has 7 nitrogen and oxygen atoms in total. The van der Waals surface area contributed by atoms with Crippen LogP contribution in [0, 0.1) is 6.92 Å². The Morgan fingerprint density at radius 3 is 2.75 bits per heavy atom. The lowest BCUT2D eigenvalue weighted by Crippen LogP contribution is -2.48. The van der Waals surface area contributed by atoms with Gasteiger partial charge in [0.05, 0.1) is 11.6 Å². The molecule has 0 spiro atoms. The van der Waals surface area contributed by atoms with Gasteiger partial charge in [-0.25, -0.2) is 0 Å². The first kappa shape index (κ1) is 13.2. The minimum atomic E-state index is -0.0163. The van der Waals surface area contributed by atoms with Crippen LogP contribution in [-0.2, 0) is 0 Å². The summed E-state index contributed by atoms with van der Waals surface area (Å²) in [5.41, 5.74) is 0.684. The summed E-state index contributed by atoms with van der Waals surface area (Å²) in [5.74, 6) is 1.71. The van der Waals surface area contributed by atoms with Crippen molar-refractivity contribution in [1.82, 2.24) is 24.6 Å². The molecule has 1 aliphatic heterocycles. The zero-order valence-corrected chi connectivity index (χ0v) is 12.3. The van der Waals surface area contributed by atoms with E-state index in [1.165, 1.54) is 0 Å². The third kappa shape index (κ3) is 2.20. The summed E-state index contributed by atoms with van der Waals surface area (Å²) >= 11 is 1.14. The molecular formula is C12H15N5O2S. The highest BCUT2D eigenvalue weighted by Crippen LogP contribution is 2.28. The number of aryl methyl sites for hydroxylation is 1. The molecule has 3 heterocycles. The minimum Gasteiger partial charge on any atom is -0.339 e. The Morgan fingerprint density at radius 2 is 2.20 bits per heavy atom. The number of likely N-dealkylation sites (tertiary alicyclic amines) is 1. The van der Waals surface area contributed by atoms with E-state index >= 15 is 0 Å². The quantitative estimate of drug-likeness (QED) is 0.854. The maximum Gasteiger partial charge on any atom is 0.267 e. The third-order valence-corrected chi connectivity index (χ3v) is 4.15. The molecule has 0 radical (unpaired) electrons. The summed E-state index contributed by atoms with van der Waals surface area (Å²) in [4.78, 5) is 18.9. The molecule has 1 saturated heterocycles. The zero-order valence-electron chi connectivity index (χ0n) is 11.5. The van der Waals surface area contributed by atoms with Crippen molar-refractivity contribution in [3.05, 3.63) is 22.3 Å². The highest BCUT2D eigenvalue weighted by Gasteiger charge is 2.37. The van der Waals surface area contributed by atoms with Crippen molar-refractivity contribution in [1.29, 1.82) is 0 Å². The van der Waals surface area contributed by atoms with E-state index in [-0.39, 0.29) is 17.7 Å². The summed E-state index contributed by atoms with van der Waals surface area (Å²) < 4.78 is 9.04. The van der Waals surface area contributed by atoms with Gasteiger partial charge in [-0.2, -0.15) is 4.98 Å². The monoisotopic (exact) mass is 293 g/mol. The van der Waals surface area contributed by atoms with Crippen LogP contribution < -0.4 is 0 Å². The summed E-state index contributed by atoms with van der Waals surface area (Å²) in [6.45, 7) is 7.04. The lowest BCUT2D eigenvalue weighted by molar-refractivity contribution is 0.0573. The van der Waals surface area contributed by atoms with E-state index in [9.17, 15) is 4.79 Å². The average Bonchev–Trinajstić information content (AvgIpc) is 2.95. The highest BCUT2D eigenvalue weighted by molar-refractivity contribution is 7.07. The predicted octanol–water partition coefficient (Wildman–Crippen LogP) is 1.59. The maximum absolute atomic E-state index is 12.2. The van der Waals surface area contributed by atoms with Crippen LogP contribution in [0.15, 0.2) is 4.52 Å². The van der Waals surface area contributed by atoms with Gasteiger partial charge in [0, 0.05) is 19.0 Å². The number of carbonyl (C=O) groups excluding carboxylic acids is 1. The fourth-order valence-corrected chi connectivity index (χ4v) is 2.64. The summed E-state index contributed by atoms with van der Waals surface area (Å²) in [5, 5.41) is 7.80. The number of hydrogen-bond donors (Lipinski definition) is 0.